The monoisotopic (exact) mass is 329 g/mol. The summed E-state index contributed by atoms with van der Waals surface area (Å²) in [7, 11) is 1.53. The molecule has 0 bridgehead atoms. The molecule has 1 fully saturated rings. The minimum absolute atomic E-state index is 0.0404. The third kappa shape index (κ3) is 4.45. The lowest BCUT2D eigenvalue weighted by Crippen LogP contribution is -2.33. The Morgan fingerprint density at radius 1 is 1.43 bits per heavy atom. The van der Waals surface area contributed by atoms with E-state index in [1.54, 1.807) is 6.07 Å². The SMILES string of the molecule is CCc1ccc(S(=O)(=O)Cl)cc1C(=O)NC(C)CC1CC1. The van der Waals surface area contributed by atoms with Crippen LogP contribution in [0.3, 0.4) is 0 Å². The number of nitrogens with one attached hydrogen (secondary N) is 1. The summed E-state index contributed by atoms with van der Waals surface area (Å²) in [5, 5.41) is 2.94. The molecule has 1 saturated carbocycles. The summed E-state index contributed by atoms with van der Waals surface area (Å²) >= 11 is 0. The highest BCUT2D eigenvalue weighted by molar-refractivity contribution is 8.13. The topological polar surface area (TPSA) is 63.2 Å². The fourth-order valence-corrected chi connectivity index (χ4v) is 3.22. The molecule has 1 amide bonds. The molecule has 1 aliphatic rings. The van der Waals surface area contributed by atoms with Gasteiger partial charge in [0, 0.05) is 22.3 Å². The number of aryl methyl sites for hydroxylation is 1. The summed E-state index contributed by atoms with van der Waals surface area (Å²) in [5.74, 6) is 0.489. The van der Waals surface area contributed by atoms with E-state index in [1.807, 2.05) is 13.8 Å². The predicted octanol–water partition coefficient (Wildman–Crippen LogP) is 3.09. The Labute approximate surface area is 130 Å². The largest absolute Gasteiger partial charge is 0.350 e. The maximum absolute atomic E-state index is 12.4. The molecule has 6 heteroatoms. The highest BCUT2D eigenvalue weighted by Crippen LogP contribution is 2.33. The van der Waals surface area contributed by atoms with Crippen LogP contribution in [-0.4, -0.2) is 20.4 Å². The molecule has 2 rings (SSSR count). The van der Waals surface area contributed by atoms with Gasteiger partial charge in [0.15, 0.2) is 0 Å². The molecule has 1 aromatic carbocycles. The number of hydrogen-bond acceptors (Lipinski definition) is 3. The minimum atomic E-state index is -3.83. The number of amides is 1. The molecular weight excluding hydrogens is 310 g/mol. The van der Waals surface area contributed by atoms with Crippen LogP contribution in [0.15, 0.2) is 23.1 Å². The Bertz CT molecular complexity index is 638. The number of halogens is 1. The van der Waals surface area contributed by atoms with Crippen molar-refractivity contribution in [3.05, 3.63) is 29.3 Å². The normalized spacial score (nSPS) is 16.5. The summed E-state index contributed by atoms with van der Waals surface area (Å²) in [6, 6.07) is 4.53. The summed E-state index contributed by atoms with van der Waals surface area (Å²) in [4.78, 5) is 12.3. The average Bonchev–Trinajstić information content (AvgIpc) is 3.20. The average molecular weight is 330 g/mol. The zero-order valence-corrected chi connectivity index (χ0v) is 13.8. The van der Waals surface area contributed by atoms with Crippen molar-refractivity contribution in [3.63, 3.8) is 0 Å². The summed E-state index contributed by atoms with van der Waals surface area (Å²) in [6.07, 6.45) is 4.10. The Morgan fingerprint density at radius 3 is 2.62 bits per heavy atom. The van der Waals surface area contributed by atoms with Crippen molar-refractivity contribution in [1.82, 2.24) is 5.32 Å². The molecule has 1 aliphatic carbocycles. The molecule has 4 nitrogen and oxygen atoms in total. The van der Waals surface area contributed by atoms with Crippen LogP contribution >= 0.6 is 10.7 Å². The first-order valence-corrected chi connectivity index (χ1v) is 9.50. The molecule has 0 saturated heterocycles. The van der Waals surface area contributed by atoms with Crippen LogP contribution in [0.2, 0.25) is 0 Å². The van der Waals surface area contributed by atoms with Crippen LogP contribution in [0.4, 0.5) is 0 Å². The second kappa shape index (κ2) is 6.36. The standard InChI is InChI=1S/C15H20ClNO3S/c1-3-12-6-7-13(21(16,19)20)9-14(12)15(18)17-10(2)8-11-4-5-11/h6-7,9-11H,3-5,8H2,1-2H3,(H,17,18). The summed E-state index contributed by atoms with van der Waals surface area (Å²) in [5.41, 5.74) is 1.21. The van der Waals surface area contributed by atoms with Gasteiger partial charge in [-0.1, -0.05) is 25.8 Å². The van der Waals surface area contributed by atoms with Crippen molar-refractivity contribution in [1.29, 1.82) is 0 Å². The number of carbonyl (C=O) groups excluding carboxylic acids is 1. The first kappa shape index (κ1) is 16.3. The number of rotatable bonds is 6. The Balaban J connectivity index is 2.20. The number of benzene rings is 1. The molecule has 1 unspecified atom stereocenters. The van der Waals surface area contributed by atoms with Crippen LogP contribution in [0.5, 0.6) is 0 Å². The van der Waals surface area contributed by atoms with E-state index < -0.39 is 9.05 Å². The van der Waals surface area contributed by atoms with Crippen LogP contribution in [-0.2, 0) is 15.5 Å². The van der Waals surface area contributed by atoms with Crippen molar-refractivity contribution in [3.8, 4) is 0 Å². The highest BCUT2D eigenvalue weighted by atomic mass is 35.7. The van der Waals surface area contributed by atoms with Gasteiger partial charge in [0.05, 0.1) is 4.90 Å². The molecule has 0 spiro atoms. The smallest absolute Gasteiger partial charge is 0.261 e. The van der Waals surface area contributed by atoms with Gasteiger partial charge in [-0.05, 0) is 43.4 Å². The van der Waals surface area contributed by atoms with E-state index in [0.29, 0.717) is 12.0 Å². The Kier molecular flexibility index (Phi) is 4.94. The first-order chi connectivity index (χ1) is 9.81. The molecule has 0 radical (unpaired) electrons. The van der Waals surface area contributed by atoms with E-state index in [2.05, 4.69) is 5.32 Å². The molecule has 21 heavy (non-hydrogen) atoms. The third-order valence-corrected chi connectivity index (χ3v) is 5.10. The molecule has 1 atom stereocenters. The molecule has 1 aromatic rings. The van der Waals surface area contributed by atoms with Crippen molar-refractivity contribution >= 4 is 25.6 Å². The van der Waals surface area contributed by atoms with Crippen molar-refractivity contribution in [2.24, 2.45) is 5.92 Å². The molecule has 116 valence electrons. The first-order valence-electron chi connectivity index (χ1n) is 7.19. The van der Waals surface area contributed by atoms with Gasteiger partial charge >= 0.3 is 0 Å². The molecule has 0 aliphatic heterocycles. The Hall–Kier alpha value is -1.07. The van der Waals surface area contributed by atoms with Gasteiger partial charge in [0.25, 0.3) is 15.0 Å². The second-order valence-corrected chi connectivity index (χ2v) is 8.23. The lowest BCUT2D eigenvalue weighted by Gasteiger charge is -2.15. The van der Waals surface area contributed by atoms with Crippen molar-refractivity contribution < 1.29 is 13.2 Å². The highest BCUT2D eigenvalue weighted by Gasteiger charge is 2.25. The fourth-order valence-electron chi connectivity index (χ4n) is 2.44. The van der Waals surface area contributed by atoms with E-state index in [-0.39, 0.29) is 16.8 Å². The van der Waals surface area contributed by atoms with E-state index >= 15 is 0 Å². The lowest BCUT2D eigenvalue weighted by atomic mass is 10.0. The summed E-state index contributed by atoms with van der Waals surface area (Å²) in [6.45, 7) is 3.90. The minimum Gasteiger partial charge on any atom is -0.350 e. The molecular formula is C15H20ClNO3S. The maximum Gasteiger partial charge on any atom is 0.261 e. The molecule has 1 N–H and O–H groups in total. The quantitative estimate of drug-likeness (QED) is 0.816. The van der Waals surface area contributed by atoms with Crippen LogP contribution in [0.25, 0.3) is 0 Å². The van der Waals surface area contributed by atoms with Gasteiger partial charge in [-0.15, -0.1) is 0 Å². The van der Waals surface area contributed by atoms with Gasteiger partial charge in [-0.2, -0.15) is 0 Å². The predicted molar refractivity (Wildman–Crippen MR) is 83.1 cm³/mol. The van der Waals surface area contributed by atoms with E-state index in [9.17, 15) is 13.2 Å². The third-order valence-electron chi connectivity index (χ3n) is 3.75. The van der Waals surface area contributed by atoms with Gasteiger partial charge in [0.2, 0.25) is 0 Å². The van der Waals surface area contributed by atoms with E-state index in [1.165, 1.54) is 25.0 Å². The van der Waals surface area contributed by atoms with E-state index in [0.717, 1.165) is 17.9 Å². The number of hydrogen-bond donors (Lipinski definition) is 1. The second-order valence-electron chi connectivity index (χ2n) is 5.66. The van der Waals surface area contributed by atoms with Gasteiger partial charge < -0.3 is 5.32 Å². The van der Waals surface area contributed by atoms with Gasteiger partial charge in [-0.3, -0.25) is 4.79 Å². The number of carbonyl (C=O) groups is 1. The lowest BCUT2D eigenvalue weighted by molar-refractivity contribution is 0.0936. The van der Waals surface area contributed by atoms with Crippen LogP contribution in [0, 0.1) is 5.92 Å². The maximum atomic E-state index is 12.4. The van der Waals surface area contributed by atoms with Gasteiger partial charge in [0.1, 0.15) is 0 Å². The summed E-state index contributed by atoms with van der Waals surface area (Å²) < 4.78 is 22.8. The zero-order valence-electron chi connectivity index (χ0n) is 12.2. The van der Waals surface area contributed by atoms with Crippen molar-refractivity contribution in [2.75, 3.05) is 0 Å². The zero-order chi connectivity index (χ0) is 15.6. The van der Waals surface area contributed by atoms with Crippen molar-refractivity contribution in [2.45, 2.75) is 50.5 Å². The van der Waals surface area contributed by atoms with Crippen LogP contribution < -0.4 is 5.32 Å². The van der Waals surface area contributed by atoms with Gasteiger partial charge in [-0.25, -0.2) is 8.42 Å². The molecule has 0 heterocycles. The fraction of sp³-hybridized carbons (Fsp3) is 0.533. The Morgan fingerprint density at radius 2 is 2.10 bits per heavy atom. The van der Waals surface area contributed by atoms with E-state index in [4.69, 9.17) is 10.7 Å². The van der Waals surface area contributed by atoms with Crippen LogP contribution in [0.1, 0.15) is 49.0 Å². The molecule has 0 aromatic heterocycles.